The van der Waals surface area contributed by atoms with Gasteiger partial charge >= 0.3 is 5.97 Å². The molecule has 0 radical (unpaired) electrons. The SMILES string of the molecule is C=C(C)C1CC=C(CC(C(=O)OCC)C(=O)C2(C)CC2)CC1. The lowest BCUT2D eigenvalue weighted by molar-refractivity contribution is -0.152. The molecule has 0 saturated heterocycles. The molecule has 2 aliphatic rings. The maximum absolute atomic E-state index is 12.6. The zero-order valence-corrected chi connectivity index (χ0v) is 14.1. The number of carbonyl (C=O) groups excluding carboxylic acids is 2. The Hall–Kier alpha value is -1.38. The van der Waals surface area contributed by atoms with Gasteiger partial charge in [-0.2, -0.15) is 0 Å². The quantitative estimate of drug-likeness (QED) is 0.401. The molecule has 0 aliphatic heterocycles. The van der Waals surface area contributed by atoms with E-state index in [0.29, 0.717) is 18.9 Å². The lowest BCUT2D eigenvalue weighted by atomic mass is 9.80. The van der Waals surface area contributed by atoms with Crippen LogP contribution in [0.3, 0.4) is 0 Å². The van der Waals surface area contributed by atoms with E-state index in [1.165, 1.54) is 11.1 Å². The first kappa shape index (κ1) is 17.0. The molecule has 22 heavy (non-hydrogen) atoms. The summed E-state index contributed by atoms with van der Waals surface area (Å²) in [5.41, 5.74) is 2.17. The van der Waals surface area contributed by atoms with Crippen molar-refractivity contribution in [2.24, 2.45) is 17.3 Å². The highest BCUT2D eigenvalue weighted by molar-refractivity contribution is 6.03. The van der Waals surface area contributed by atoms with E-state index in [-0.39, 0.29) is 17.2 Å². The van der Waals surface area contributed by atoms with Crippen LogP contribution in [0.25, 0.3) is 0 Å². The third-order valence-electron chi connectivity index (χ3n) is 5.15. The van der Waals surface area contributed by atoms with Gasteiger partial charge in [-0.05, 0) is 58.3 Å². The second-order valence-electron chi connectivity index (χ2n) is 7.11. The van der Waals surface area contributed by atoms with E-state index >= 15 is 0 Å². The Balaban J connectivity index is 2.05. The first-order chi connectivity index (χ1) is 10.4. The summed E-state index contributed by atoms with van der Waals surface area (Å²) >= 11 is 0. The van der Waals surface area contributed by atoms with Gasteiger partial charge in [-0.1, -0.05) is 30.7 Å². The van der Waals surface area contributed by atoms with Gasteiger partial charge in [0.1, 0.15) is 5.92 Å². The Bertz CT molecular complexity index is 497. The van der Waals surface area contributed by atoms with Crippen LogP contribution < -0.4 is 0 Å². The second-order valence-corrected chi connectivity index (χ2v) is 7.11. The average Bonchev–Trinajstić information content (AvgIpc) is 3.24. The summed E-state index contributed by atoms with van der Waals surface area (Å²) in [4.78, 5) is 24.9. The van der Waals surface area contributed by atoms with Crippen molar-refractivity contribution in [2.45, 2.75) is 59.3 Å². The van der Waals surface area contributed by atoms with Crippen molar-refractivity contribution in [1.29, 1.82) is 0 Å². The van der Waals surface area contributed by atoms with Crippen LogP contribution in [0.5, 0.6) is 0 Å². The van der Waals surface area contributed by atoms with Gasteiger partial charge in [0, 0.05) is 5.41 Å². The van der Waals surface area contributed by atoms with Crippen LogP contribution in [0, 0.1) is 17.3 Å². The van der Waals surface area contributed by atoms with E-state index in [1.807, 2.05) is 6.92 Å². The van der Waals surface area contributed by atoms with Gasteiger partial charge in [-0.15, -0.1) is 0 Å². The molecular weight excluding hydrogens is 276 g/mol. The lowest BCUT2D eigenvalue weighted by Crippen LogP contribution is -2.32. The largest absolute Gasteiger partial charge is 0.465 e. The number of Topliss-reactive ketones (excluding diaryl/α,β-unsaturated/α-hetero) is 1. The molecule has 3 nitrogen and oxygen atoms in total. The molecule has 2 rings (SSSR count). The summed E-state index contributed by atoms with van der Waals surface area (Å²) in [5.74, 6) is -0.334. The number of rotatable bonds is 7. The maximum atomic E-state index is 12.6. The van der Waals surface area contributed by atoms with E-state index < -0.39 is 5.92 Å². The van der Waals surface area contributed by atoms with Gasteiger partial charge in [-0.3, -0.25) is 9.59 Å². The highest BCUT2D eigenvalue weighted by Crippen LogP contribution is 2.48. The molecule has 2 unspecified atom stereocenters. The van der Waals surface area contributed by atoms with E-state index in [0.717, 1.165) is 32.1 Å². The van der Waals surface area contributed by atoms with Gasteiger partial charge < -0.3 is 4.74 Å². The fraction of sp³-hybridized carbons (Fsp3) is 0.684. The minimum absolute atomic E-state index is 0.0777. The lowest BCUT2D eigenvalue weighted by Gasteiger charge is -2.25. The molecule has 0 N–H and O–H groups in total. The number of esters is 1. The van der Waals surface area contributed by atoms with E-state index in [1.54, 1.807) is 6.92 Å². The molecule has 2 aliphatic carbocycles. The van der Waals surface area contributed by atoms with Crippen LogP contribution in [0.4, 0.5) is 0 Å². The normalized spacial score (nSPS) is 24.1. The van der Waals surface area contributed by atoms with Crippen LogP contribution in [0.2, 0.25) is 0 Å². The van der Waals surface area contributed by atoms with Gasteiger partial charge in [-0.25, -0.2) is 0 Å². The Morgan fingerprint density at radius 3 is 2.59 bits per heavy atom. The number of allylic oxidation sites excluding steroid dienone is 3. The van der Waals surface area contributed by atoms with Gasteiger partial charge in [0.15, 0.2) is 5.78 Å². The number of ketones is 1. The molecule has 0 aromatic carbocycles. The van der Waals surface area contributed by atoms with E-state index in [9.17, 15) is 9.59 Å². The number of carbonyl (C=O) groups is 2. The summed E-state index contributed by atoms with van der Waals surface area (Å²) in [6, 6.07) is 0. The molecule has 0 aromatic rings. The van der Waals surface area contributed by atoms with Crippen molar-refractivity contribution < 1.29 is 14.3 Å². The number of hydrogen-bond donors (Lipinski definition) is 0. The molecule has 3 heteroatoms. The fourth-order valence-electron chi connectivity index (χ4n) is 3.16. The first-order valence-electron chi connectivity index (χ1n) is 8.41. The van der Waals surface area contributed by atoms with Crippen LogP contribution in [-0.2, 0) is 14.3 Å². The smallest absolute Gasteiger partial charge is 0.316 e. The predicted molar refractivity (Wildman–Crippen MR) is 87.3 cm³/mol. The van der Waals surface area contributed by atoms with Crippen molar-refractivity contribution in [1.82, 2.24) is 0 Å². The standard InChI is InChI=1S/C19H28O3/c1-5-22-18(21)16(17(20)19(4)10-11-19)12-14-6-8-15(9-7-14)13(2)3/h6,15-16H,2,5,7-12H2,1,3-4H3. The summed E-state index contributed by atoms with van der Waals surface area (Å²) < 4.78 is 5.15. The van der Waals surface area contributed by atoms with Crippen LogP contribution in [0.15, 0.2) is 23.8 Å². The minimum atomic E-state index is -0.611. The first-order valence-corrected chi connectivity index (χ1v) is 8.41. The summed E-state index contributed by atoms with van der Waals surface area (Å²) in [5, 5.41) is 0. The van der Waals surface area contributed by atoms with Crippen molar-refractivity contribution in [3.05, 3.63) is 23.8 Å². The van der Waals surface area contributed by atoms with Crippen molar-refractivity contribution in [3.63, 3.8) is 0 Å². The van der Waals surface area contributed by atoms with Crippen LogP contribution in [-0.4, -0.2) is 18.4 Å². The molecule has 2 atom stereocenters. The predicted octanol–water partition coefficient (Wildman–Crippen LogP) is 4.23. The third-order valence-corrected chi connectivity index (χ3v) is 5.15. The zero-order valence-electron chi connectivity index (χ0n) is 14.1. The molecule has 1 saturated carbocycles. The van der Waals surface area contributed by atoms with Gasteiger partial charge in [0.25, 0.3) is 0 Å². The molecule has 0 amide bonds. The Morgan fingerprint density at radius 2 is 2.14 bits per heavy atom. The van der Waals surface area contributed by atoms with Gasteiger partial charge in [0.2, 0.25) is 0 Å². The Kier molecular flexibility index (Phi) is 5.25. The highest BCUT2D eigenvalue weighted by atomic mass is 16.5. The third kappa shape index (κ3) is 3.88. The number of ether oxygens (including phenoxy) is 1. The maximum Gasteiger partial charge on any atom is 0.316 e. The Morgan fingerprint density at radius 1 is 1.45 bits per heavy atom. The molecule has 0 heterocycles. The average molecular weight is 304 g/mol. The molecule has 0 aromatic heterocycles. The van der Waals surface area contributed by atoms with Crippen molar-refractivity contribution in [3.8, 4) is 0 Å². The molecule has 1 fully saturated rings. The minimum Gasteiger partial charge on any atom is -0.465 e. The van der Waals surface area contributed by atoms with Crippen molar-refractivity contribution in [2.75, 3.05) is 6.61 Å². The number of hydrogen-bond acceptors (Lipinski definition) is 3. The van der Waals surface area contributed by atoms with E-state index in [2.05, 4.69) is 19.6 Å². The monoisotopic (exact) mass is 304 g/mol. The molecule has 0 bridgehead atoms. The van der Waals surface area contributed by atoms with Crippen molar-refractivity contribution >= 4 is 11.8 Å². The highest BCUT2D eigenvalue weighted by Gasteiger charge is 2.49. The van der Waals surface area contributed by atoms with Gasteiger partial charge in [0.05, 0.1) is 6.61 Å². The molecule has 122 valence electrons. The second kappa shape index (κ2) is 6.80. The molecular formula is C19H28O3. The summed E-state index contributed by atoms with van der Waals surface area (Å²) in [7, 11) is 0. The van der Waals surface area contributed by atoms with Crippen LogP contribution in [0.1, 0.15) is 59.3 Å². The summed E-state index contributed by atoms with van der Waals surface area (Å²) in [6.45, 7) is 10.2. The molecule has 0 spiro atoms. The fourth-order valence-corrected chi connectivity index (χ4v) is 3.16. The zero-order chi connectivity index (χ0) is 16.3. The van der Waals surface area contributed by atoms with Crippen LogP contribution >= 0.6 is 0 Å². The summed E-state index contributed by atoms with van der Waals surface area (Å²) in [6.07, 6.45) is 7.55. The topological polar surface area (TPSA) is 43.4 Å². The Labute approximate surface area is 133 Å². The van der Waals surface area contributed by atoms with E-state index in [4.69, 9.17) is 4.74 Å².